The number of thiophene rings is 1. The van der Waals surface area contributed by atoms with Crippen molar-refractivity contribution in [3.05, 3.63) is 57.0 Å². The van der Waals surface area contributed by atoms with Crippen molar-refractivity contribution in [3.8, 4) is 0 Å². The van der Waals surface area contributed by atoms with Gasteiger partial charge in [0.05, 0.1) is 21.5 Å². The molecule has 0 aliphatic rings. The summed E-state index contributed by atoms with van der Waals surface area (Å²) in [5.74, 6) is -0.251. The average Bonchev–Trinajstić information content (AvgIpc) is 3.07. The Balaban J connectivity index is 1.69. The van der Waals surface area contributed by atoms with Crippen LogP contribution < -0.4 is 16.0 Å². The van der Waals surface area contributed by atoms with Crippen molar-refractivity contribution in [1.82, 2.24) is 14.9 Å². The predicted octanol–water partition coefficient (Wildman–Crippen LogP) is 2.58. The number of fused-ring (bicyclic) bond motifs is 1. The molecular formula is C21H26N4O4S2. The summed E-state index contributed by atoms with van der Waals surface area (Å²) >= 11 is 1.22. The summed E-state index contributed by atoms with van der Waals surface area (Å²) in [5.41, 5.74) is 1.42. The van der Waals surface area contributed by atoms with Gasteiger partial charge in [-0.2, -0.15) is 0 Å². The number of nitrogens with two attached hydrogens (primary N) is 1. The normalized spacial score (nSPS) is 11.7. The van der Waals surface area contributed by atoms with Crippen LogP contribution in [0.5, 0.6) is 0 Å². The second-order valence-corrected chi connectivity index (χ2v) is 9.94. The number of sulfonamides is 1. The zero-order valence-corrected chi connectivity index (χ0v) is 19.2. The van der Waals surface area contributed by atoms with E-state index in [1.165, 1.54) is 23.5 Å². The Morgan fingerprint density at radius 1 is 1.23 bits per heavy atom. The topological polar surface area (TPSA) is 124 Å². The third kappa shape index (κ3) is 5.38. The number of aryl methyl sites for hydroxylation is 2. The van der Waals surface area contributed by atoms with Gasteiger partial charge in [-0.3, -0.25) is 14.2 Å². The number of hydrogen-bond acceptors (Lipinski definition) is 6. The minimum absolute atomic E-state index is 0.0500. The van der Waals surface area contributed by atoms with Crippen molar-refractivity contribution in [2.75, 3.05) is 6.54 Å². The van der Waals surface area contributed by atoms with Gasteiger partial charge in [0.2, 0.25) is 10.0 Å². The summed E-state index contributed by atoms with van der Waals surface area (Å²) < 4.78 is 24.2. The minimum atomic E-state index is -3.72. The number of carbonyl (C=O) groups is 1. The molecule has 0 aliphatic heterocycles. The average molecular weight is 463 g/mol. The number of aromatic nitrogens is 2. The molecule has 3 aromatic rings. The number of amides is 1. The van der Waals surface area contributed by atoms with Gasteiger partial charge in [-0.15, -0.1) is 11.3 Å². The molecule has 10 heteroatoms. The Labute approximate surface area is 185 Å². The first kappa shape index (κ1) is 23.1. The Hall–Kier alpha value is -2.56. The highest BCUT2D eigenvalue weighted by molar-refractivity contribution is 7.89. The van der Waals surface area contributed by atoms with Gasteiger partial charge >= 0.3 is 0 Å². The molecule has 0 unspecified atom stereocenters. The van der Waals surface area contributed by atoms with Gasteiger partial charge in [-0.05, 0) is 43.0 Å². The highest BCUT2D eigenvalue weighted by Gasteiger charge is 2.19. The summed E-state index contributed by atoms with van der Waals surface area (Å²) in [6.07, 6.45) is 5.12. The molecule has 0 bridgehead atoms. The first-order chi connectivity index (χ1) is 14.7. The molecule has 2 heterocycles. The second-order valence-electron chi connectivity index (χ2n) is 7.38. The Bertz CT molecular complexity index is 1240. The highest BCUT2D eigenvalue weighted by atomic mass is 32.2. The maximum atomic E-state index is 12.8. The molecular weight excluding hydrogens is 436 g/mol. The number of benzene rings is 1. The van der Waals surface area contributed by atoms with E-state index in [4.69, 9.17) is 5.14 Å². The fourth-order valence-corrected chi connectivity index (χ4v) is 4.88. The van der Waals surface area contributed by atoms with Gasteiger partial charge < -0.3 is 5.32 Å². The van der Waals surface area contributed by atoms with E-state index in [0.717, 1.165) is 24.8 Å². The molecule has 31 heavy (non-hydrogen) atoms. The number of rotatable bonds is 9. The van der Waals surface area contributed by atoms with E-state index in [1.807, 2.05) is 0 Å². The van der Waals surface area contributed by atoms with E-state index < -0.39 is 10.0 Å². The molecule has 1 amide bonds. The Morgan fingerprint density at radius 3 is 2.58 bits per heavy atom. The maximum Gasteiger partial charge on any atom is 0.262 e. The van der Waals surface area contributed by atoms with Crippen LogP contribution in [0, 0.1) is 6.92 Å². The van der Waals surface area contributed by atoms with Gasteiger partial charge in [-0.1, -0.05) is 31.9 Å². The van der Waals surface area contributed by atoms with Crippen LogP contribution in [0.3, 0.4) is 0 Å². The van der Waals surface area contributed by atoms with Gasteiger partial charge in [0.15, 0.2) is 0 Å². The van der Waals surface area contributed by atoms with Crippen molar-refractivity contribution < 1.29 is 13.2 Å². The van der Waals surface area contributed by atoms with Crippen molar-refractivity contribution >= 4 is 37.5 Å². The van der Waals surface area contributed by atoms with E-state index in [9.17, 15) is 18.0 Å². The van der Waals surface area contributed by atoms with E-state index in [1.54, 1.807) is 30.0 Å². The fourth-order valence-electron chi connectivity index (χ4n) is 3.31. The highest BCUT2D eigenvalue weighted by Crippen LogP contribution is 2.26. The largest absolute Gasteiger partial charge is 0.351 e. The van der Waals surface area contributed by atoms with Crippen molar-refractivity contribution in [2.45, 2.75) is 51.0 Å². The second kappa shape index (κ2) is 9.71. The summed E-state index contributed by atoms with van der Waals surface area (Å²) in [6.45, 7) is 4.88. The van der Waals surface area contributed by atoms with Gasteiger partial charge in [0.1, 0.15) is 4.83 Å². The number of nitrogens with zero attached hydrogens (tertiary/aromatic N) is 2. The van der Waals surface area contributed by atoms with Crippen LogP contribution in [0.2, 0.25) is 0 Å². The maximum absolute atomic E-state index is 12.8. The van der Waals surface area contributed by atoms with Gasteiger partial charge in [0, 0.05) is 13.1 Å². The van der Waals surface area contributed by atoms with Gasteiger partial charge in [0.25, 0.3) is 11.5 Å². The lowest BCUT2D eigenvalue weighted by Gasteiger charge is -2.06. The molecule has 0 spiro atoms. The zero-order chi connectivity index (χ0) is 22.6. The van der Waals surface area contributed by atoms with Crippen molar-refractivity contribution in [2.24, 2.45) is 5.14 Å². The molecule has 0 aliphatic carbocycles. The first-order valence-corrected chi connectivity index (χ1v) is 12.5. The number of primary sulfonamides is 1. The lowest BCUT2D eigenvalue weighted by atomic mass is 10.1. The summed E-state index contributed by atoms with van der Waals surface area (Å²) in [5, 5.41) is 8.46. The van der Waals surface area contributed by atoms with Crippen LogP contribution >= 0.6 is 11.3 Å². The molecule has 8 nitrogen and oxygen atoms in total. The van der Waals surface area contributed by atoms with E-state index >= 15 is 0 Å². The van der Waals surface area contributed by atoms with Crippen LogP contribution in [0.4, 0.5) is 0 Å². The number of hydrogen-bond donors (Lipinski definition) is 2. The molecule has 0 fully saturated rings. The van der Waals surface area contributed by atoms with Crippen molar-refractivity contribution in [1.29, 1.82) is 0 Å². The number of unbranched alkanes of at least 4 members (excludes halogenated alkanes) is 2. The monoisotopic (exact) mass is 462 g/mol. The summed E-state index contributed by atoms with van der Waals surface area (Å²) in [6, 6.07) is 6.22. The Kier molecular flexibility index (Phi) is 7.24. The van der Waals surface area contributed by atoms with Crippen LogP contribution in [-0.4, -0.2) is 30.4 Å². The quantitative estimate of drug-likeness (QED) is 0.473. The van der Waals surface area contributed by atoms with Gasteiger partial charge in [-0.25, -0.2) is 18.5 Å². The first-order valence-electron chi connectivity index (χ1n) is 10.1. The van der Waals surface area contributed by atoms with Crippen LogP contribution in [0.1, 0.15) is 47.0 Å². The molecule has 0 atom stereocenters. The lowest BCUT2D eigenvalue weighted by molar-refractivity contribution is 0.0957. The fraction of sp³-hybridized carbons (Fsp3) is 0.381. The molecule has 0 saturated carbocycles. The third-order valence-electron chi connectivity index (χ3n) is 5.08. The number of nitrogens with one attached hydrogen (secondary N) is 1. The van der Waals surface area contributed by atoms with Crippen molar-refractivity contribution in [3.63, 3.8) is 0 Å². The molecule has 3 N–H and O–H groups in total. The molecule has 1 aromatic carbocycles. The smallest absolute Gasteiger partial charge is 0.262 e. The molecule has 2 aromatic heterocycles. The molecule has 166 valence electrons. The standard InChI is InChI=1S/C21H26N4O4S2/c1-3-4-5-12-25-13-24-20-17(21(25)27)14(2)18(30-20)19(26)23-11-10-15-6-8-16(9-7-15)31(22,28)29/h6-9,13H,3-5,10-12H2,1-2H3,(H,23,26)(H2,22,28,29). The predicted molar refractivity (Wildman–Crippen MR) is 122 cm³/mol. The van der Waals surface area contributed by atoms with Crippen LogP contribution in [0.25, 0.3) is 10.2 Å². The number of carbonyl (C=O) groups excluding carboxylic acids is 1. The SMILES string of the molecule is CCCCCn1cnc2sc(C(=O)NCCc3ccc(S(N)(=O)=O)cc3)c(C)c2c1=O. The Morgan fingerprint density at radius 2 is 1.94 bits per heavy atom. The summed E-state index contributed by atoms with van der Waals surface area (Å²) in [4.78, 5) is 31.0. The zero-order valence-electron chi connectivity index (χ0n) is 17.6. The molecule has 0 radical (unpaired) electrons. The van der Waals surface area contributed by atoms with Crippen LogP contribution in [0.15, 0.2) is 40.3 Å². The van der Waals surface area contributed by atoms with Crippen LogP contribution in [-0.2, 0) is 23.0 Å². The van der Waals surface area contributed by atoms with E-state index in [-0.39, 0.29) is 16.4 Å². The summed E-state index contributed by atoms with van der Waals surface area (Å²) in [7, 11) is -3.72. The third-order valence-corrected chi connectivity index (χ3v) is 7.21. The van der Waals surface area contributed by atoms with E-state index in [2.05, 4.69) is 17.2 Å². The lowest BCUT2D eigenvalue weighted by Crippen LogP contribution is -2.25. The van der Waals surface area contributed by atoms with E-state index in [0.29, 0.717) is 40.2 Å². The molecule has 3 rings (SSSR count). The minimum Gasteiger partial charge on any atom is -0.351 e. The molecule has 0 saturated heterocycles.